The molecule has 1 heterocycles. The zero-order chi connectivity index (χ0) is 14.0. The summed E-state index contributed by atoms with van der Waals surface area (Å²) in [6.45, 7) is 1.98. The van der Waals surface area contributed by atoms with Crippen molar-refractivity contribution in [3.8, 4) is 5.75 Å². The third-order valence-electron chi connectivity index (χ3n) is 3.94. The minimum atomic E-state index is -0.402. The van der Waals surface area contributed by atoms with E-state index >= 15 is 0 Å². The summed E-state index contributed by atoms with van der Waals surface area (Å²) in [6.07, 6.45) is 4.08. The van der Waals surface area contributed by atoms with Crippen molar-refractivity contribution in [2.75, 3.05) is 0 Å². The maximum absolute atomic E-state index is 11.9. The molecule has 1 fully saturated rings. The molecule has 0 saturated heterocycles. The highest BCUT2D eigenvalue weighted by molar-refractivity contribution is 5.78. The van der Waals surface area contributed by atoms with Gasteiger partial charge >= 0.3 is 0 Å². The largest absolute Gasteiger partial charge is 0.503 e. The van der Waals surface area contributed by atoms with Crippen molar-refractivity contribution in [1.82, 2.24) is 9.88 Å². The quantitative estimate of drug-likeness (QED) is 0.862. The first-order valence-corrected chi connectivity index (χ1v) is 6.67. The van der Waals surface area contributed by atoms with Crippen LogP contribution in [0, 0.1) is 12.8 Å². The monoisotopic (exact) mass is 264 g/mol. The summed E-state index contributed by atoms with van der Waals surface area (Å²) >= 11 is 0. The molecular weight excluding hydrogens is 244 g/mol. The number of aryl methyl sites for hydroxylation is 1. The second-order valence-electron chi connectivity index (χ2n) is 5.20. The number of nitrogens with zero attached hydrogens (tertiary/aromatic N) is 1. The van der Waals surface area contributed by atoms with Crippen molar-refractivity contribution in [3.05, 3.63) is 27.7 Å². The second-order valence-corrected chi connectivity index (χ2v) is 5.20. The topological polar surface area (TPSA) is 71.3 Å². The first kappa shape index (κ1) is 13.6. The van der Waals surface area contributed by atoms with Crippen LogP contribution in [0.4, 0.5) is 0 Å². The standard InChI is InChI=1S/C14H20N2O3/c1-9-7-12(17)13(18)11(16(9)2)8-15-14(19)10-5-3-4-6-10/h7,10,18H,3-6,8H2,1-2H3,(H,15,19). The Hall–Kier alpha value is -1.78. The normalized spacial score (nSPS) is 15.7. The van der Waals surface area contributed by atoms with Crippen molar-refractivity contribution in [1.29, 1.82) is 0 Å². The molecule has 0 aromatic carbocycles. The van der Waals surface area contributed by atoms with Gasteiger partial charge in [0.25, 0.3) is 0 Å². The molecule has 1 amide bonds. The minimum absolute atomic E-state index is 0.0193. The Bertz CT molecular complexity index is 542. The van der Waals surface area contributed by atoms with Gasteiger partial charge in [0, 0.05) is 24.7 Å². The van der Waals surface area contributed by atoms with Crippen LogP contribution in [-0.4, -0.2) is 15.6 Å². The lowest BCUT2D eigenvalue weighted by molar-refractivity contribution is -0.125. The van der Waals surface area contributed by atoms with Gasteiger partial charge < -0.3 is 15.0 Å². The molecule has 0 unspecified atom stereocenters. The van der Waals surface area contributed by atoms with Gasteiger partial charge in [0.15, 0.2) is 5.75 Å². The molecule has 1 aliphatic rings. The first-order valence-electron chi connectivity index (χ1n) is 6.67. The van der Waals surface area contributed by atoms with Gasteiger partial charge in [0.1, 0.15) is 0 Å². The van der Waals surface area contributed by atoms with E-state index < -0.39 is 5.43 Å². The van der Waals surface area contributed by atoms with Crippen LogP contribution in [0.15, 0.2) is 10.9 Å². The summed E-state index contributed by atoms with van der Waals surface area (Å²) in [5, 5.41) is 12.6. The van der Waals surface area contributed by atoms with Crippen LogP contribution < -0.4 is 10.7 Å². The third-order valence-corrected chi connectivity index (χ3v) is 3.94. The lowest BCUT2D eigenvalue weighted by atomic mass is 10.1. The van der Waals surface area contributed by atoms with Gasteiger partial charge in [0.2, 0.25) is 11.3 Å². The summed E-state index contributed by atoms with van der Waals surface area (Å²) in [7, 11) is 1.77. The first-order chi connectivity index (χ1) is 9.00. The van der Waals surface area contributed by atoms with E-state index in [0.717, 1.165) is 31.4 Å². The maximum Gasteiger partial charge on any atom is 0.223 e. The van der Waals surface area contributed by atoms with Gasteiger partial charge in [-0.3, -0.25) is 9.59 Å². The van der Waals surface area contributed by atoms with Crippen LogP contribution in [0.25, 0.3) is 0 Å². The Kier molecular flexibility index (Phi) is 3.93. The number of pyridine rings is 1. The molecule has 0 spiro atoms. The average molecular weight is 264 g/mol. The van der Waals surface area contributed by atoms with Gasteiger partial charge in [-0.2, -0.15) is 0 Å². The van der Waals surface area contributed by atoms with E-state index in [2.05, 4.69) is 5.32 Å². The van der Waals surface area contributed by atoms with Crippen molar-refractivity contribution >= 4 is 5.91 Å². The molecule has 104 valence electrons. The smallest absolute Gasteiger partial charge is 0.223 e. The van der Waals surface area contributed by atoms with Crippen LogP contribution in [0.2, 0.25) is 0 Å². The molecule has 0 bridgehead atoms. The van der Waals surface area contributed by atoms with E-state index in [-0.39, 0.29) is 24.1 Å². The highest BCUT2D eigenvalue weighted by atomic mass is 16.3. The van der Waals surface area contributed by atoms with Crippen molar-refractivity contribution in [2.24, 2.45) is 13.0 Å². The molecule has 2 N–H and O–H groups in total. The van der Waals surface area contributed by atoms with E-state index in [0.29, 0.717) is 5.69 Å². The lowest BCUT2D eigenvalue weighted by Crippen LogP contribution is -2.30. The number of aromatic hydroxyl groups is 1. The third kappa shape index (κ3) is 2.80. The van der Waals surface area contributed by atoms with Gasteiger partial charge in [-0.1, -0.05) is 12.8 Å². The zero-order valence-corrected chi connectivity index (χ0v) is 11.4. The number of carbonyl (C=O) groups excluding carboxylic acids is 1. The molecule has 0 atom stereocenters. The SMILES string of the molecule is Cc1cc(=O)c(O)c(CNC(=O)C2CCCC2)n1C. The summed E-state index contributed by atoms with van der Waals surface area (Å²) in [5.74, 6) is -0.172. The summed E-state index contributed by atoms with van der Waals surface area (Å²) in [6, 6.07) is 1.39. The van der Waals surface area contributed by atoms with E-state index in [1.165, 1.54) is 6.07 Å². The average Bonchev–Trinajstić information content (AvgIpc) is 2.90. The Morgan fingerprint density at radius 3 is 2.74 bits per heavy atom. The summed E-state index contributed by atoms with van der Waals surface area (Å²) in [5.41, 5.74) is 0.810. The van der Waals surface area contributed by atoms with Crippen LogP contribution in [-0.2, 0) is 18.4 Å². The molecule has 1 aromatic heterocycles. The second kappa shape index (κ2) is 5.47. The fourth-order valence-corrected chi connectivity index (χ4v) is 2.57. The van der Waals surface area contributed by atoms with E-state index in [1.807, 2.05) is 0 Å². The highest BCUT2D eigenvalue weighted by Crippen LogP contribution is 2.24. The fourth-order valence-electron chi connectivity index (χ4n) is 2.57. The van der Waals surface area contributed by atoms with Crippen LogP contribution in [0.1, 0.15) is 37.1 Å². The predicted molar refractivity (Wildman–Crippen MR) is 71.9 cm³/mol. The number of nitrogens with one attached hydrogen (secondary N) is 1. The number of rotatable bonds is 3. The molecule has 1 aromatic rings. The maximum atomic E-state index is 11.9. The van der Waals surface area contributed by atoms with E-state index in [1.54, 1.807) is 18.5 Å². The molecular formula is C14H20N2O3. The van der Waals surface area contributed by atoms with Crippen LogP contribution >= 0.6 is 0 Å². The summed E-state index contributed by atoms with van der Waals surface area (Å²) < 4.78 is 1.73. The molecule has 2 rings (SSSR count). The number of hydrogen-bond acceptors (Lipinski definition) is 3. The minimum Gasteiger partial charge on any atom is -0.503 e. The molecule has 0 aliphatic heterocycles. The Balaban J connectivity index is 2.11. The molecule has 19 heavy (non-hydrogen) atoms. The fraction of sp³-hybridized carbons (Fsp3) is 0.571. The molecule has 1 saturated carbocycles. The van der Waals surface area contributed by atoms with E-state index in [9.17, 15) is 14.7 Å². The number of aromatic nitrogens is 1. The van der Waals surface area contributed by atoms with E-state index in [4.69, 9.17) is 0 Å². The number of carbonyl (C=O) groups is 1. The Morgan fingerprint density at radius 1 is 1.47 bits per heavy atom. The summed E-state index contributed by atoms with van der Waals surface area (Å²) in [4.78, 5) is 23.5. The van der Waals surface area contributed by atoms with Crippen LogP contribution in [0.3, 0.4) is 0 Å². The Morgan fingerprint density at radius 2 is 2.11 bits per heavy atom. The molecule has 0 radical (unpaired) electrons. The van der Waals surface area contributed by atoms with Crippen molar-refractivity contribution < 1.29 is 9.90 Å². The Labute approximate surface area is 112 Å². The highest BCUT2D eigenvalue weighted by Gasteiger charge is 2.22. The number of hydrogen-bond donors (Lipinski definition) is 2. The van der Waals surface area contributed by atoms with Crippen molar-refractivity contribution in [2.45, 2.75) is 39.2 Å². The number of amides is 1. The van der Waals surface area contributed by atoms with Crippen molar-refractivity contribution in [3.63, 3.8) is 0 Å². The molecule has 1 aliphatic carbocycles. The van der Waals surface area contributed by atoms with Gasteiger partial charge in [0.05, 0.1) is 12.2 Å². The molecule has 5 nitrogen and oxygen atoms in total. The zero-order valence-electron chi connectivity index (χ0n) is 11.4. The lowest BCUT2D eigenvalue weighted by Gasteiger charge is -2.15. The van der Waals surface area contributed by atoms with Gasteiger partial charge in [-0.15, -0.1) is 0 Å². The molecule has 5 heteroatoms. The van der Waals surface area contributed by atoms with Crippen LogP contribution in [0.5, 0.6) is 5.75 Å². The van der Waals surface area contributed by atoms with Gasteiger partial charge in [-0.25, -0.2) is 0 Å². The van der Waals surface area contributed by atoms with Gasteiger partial charge in [-0.05, 0) is 19.8 Å². The predicted octanol–water partition coefficient (Wildman–Crippen LogP) is 1.21.